The van der Waals surface area contributed by atoms with E-state index in [0.717, 1.165) is 22.7 Å². The Bertz CT molecular complexity index is 703. The number of nitrogens with zero attached hydrogens (tertiary/aromatic N) is 1. The van der Waals surface area contributed by atoms with Gasteiger partial charge in [0.15, 0.2) is 0 Å². The molecule has 1 heterocycles. The molecule has 0 N–H and O–H groups in total. The van der Waals surface area contributed by atoms with Gasteiger partial charge in [-0.3, -0.25) is 0 Å². The van der Waals surface area contributed by atoms with E-state index in [0.29, 0.717) is 13.2 Å². The number of ether oxygens (including phenoxy) is 2. The van der Waals surface area contributed by atoms with Crippen LogP contribution in [0, 0.1) is 6.92 Å². The third kappa shape index (κ3) is 3.50. The zero-order valence-electron chi connectivity index (χ0n) is 12.6. The molecule has 3 heteroatoms. The van der Waals surface area contributed by atoms with E-state index in [-0.39, 0.29) is 0 Å². The number of aryl methyl sites for hydroxylation is 1. The fourth-order valence-electron chi connectivity index (χ4n) is 2.25. The van der Waals surface area contributed by atoms with Crippen molar-refractivity contribution >= 4 is 0 Å². The zero-order valence-corrected chi connectivity index (χ0v) is 12.6. The van der Waals surface area contributed by atoms with E-state index in [4.69, 9.17) is 9.47 Å². The molecule has 0 aliphatic carbocycles. The summed E-state index contributed by atoms with van der Waals surface area (Å²) in [5.74, 6) is 1.76. The van der Waals surface area contributed by atoms with E-state index in [2.05, 4.69) is 4.57 Å². The summed E-state index contributed by atoms with van der Waals surface area (Å²) in [6, 6.07) is 20.0. The van der Waals surface area contributed by atoms with Gasteiger partial charge in [0.25, 0.3) is 0 Å². The first kappa shape index (κ1) is 14.3. The van der Waals surface area contributed by atoms with Crippen LogP contribution >= 0.6 is 0 Å². The maximum Gasteiger partial charge on any atom is 0.122 e. The molecule has 0 atom stereocenters. The van der Waals surface area contributed by atoms with Crippen molar-refractivity contribution in [2.75, 3.05) is 13.2 Å². The molecule has 112 valence electrons. The van der Waals surface area contributed by atoms with Crippen LogP contribution in [0.4, 0.5) is 0 Å². The second-order valence-corrected chi connectivity index (χ2v) is 5.05. The van der Waals surface area contributed by atoms with Crippen molar-refractivity contribution in [1.82, 2.24) is 4.57 Å². The van der Waals surface area contributed by atoms with Gasteiger partial charge in [0.05, 0.1) is 0 Å². The largest absolute Gasteiger partial charge is 0.490 e. The molecule has 0 aliphatic rings. The van der Waals surface area contributed by atoms with E-state index in [1.54, 1.807) is 0 Å². The summed E-state index contributed by atoms with van der Waals surface area (Å²) < 4.78 is 13.5. The molecule has 0 fully saturated rings. The number of para-hydroxylation sites is 1. The SMILES string of the molecule is Cc1ccccc1OCCOc1ccc(-n2cccc2)cc1. The molecule has 0 radical (unpaired) electrons. The van der Waals surface area contributed by atoms with Crippen molar-refractivity contribution < 1.29 is 9.47 Å². The highest BCUT2D eigenvalue weighted by atomic mass is 16.5. The molecule has 3 nitrogen and oxygen atoms in total. The standard InChI is InChI=1S/C19H19NO2/c1-16-6-2-3-7-19(16)22-15-14-21-18-10-8-17(9-11-18)20-12-4-5-13-20/h2-13H,14-15H2,1H3. The second kappa shape index (κ2) is 6.85. The summed E-state index contributed by atoms with van der Waals surface area (Å²) in [6.45, 7) is 3.09. The fourth-order valence-corrected chi connectivity index (χ4v) is 2.25. The van der Waals surface area contributed by atoms with Crippen LogP contribution in [0.3, 0.4) is 0 Å². The summed E-state index contributed by atoms with van der Waals surface area (Å²) in [5, 5.41) is 0. The van der Waals surface area contributed by atoms with Crippen LogP contribution in [-0.4, -0.2) is 17.8 Å². The Morgan fingerprint density at radius 1 is 0.773 bits per heavy atom. The topological polar surface area (TPSA) is 23.4 Å². The van der Waals surface area contributed by atoms with Gasteiger partial charge in [-0.15, -0.1) is 0 Å². The monoisotopic (exact) mass is 293 g/mol. The number of hydrogen-bond acceptors (Lipinski definition) is 2. The van der Waals surface area contributed by atoms with E-state index < -0.39 is 0 Å². The first-order valence-electron chi connectivity index (χ1n) is 7.37. The van der Waals surface area contributed by atoms with Gasteiger partial charge in [-0.25, -0.2) is 0 Å². The lowest BCUT2D eigenvalue weighted by Crippen LogP contribution is -2.09. The van der Waals surface area contributed by atoms with Gasteiger partial charge in [0.1, 0.15) is 24.7 Å². The van der Waals surface area contributed by atoms with Crippen LogP contribution in [0.2, 0.25) is 0 Å². The van der Waals surface area contributed by atoms with E-state index in [1.807, 2.05) is 80.0 Å². The van der Waals surface area contributed by atoms with Crippen molar-refractivity contribution in [3.8, 4) is 17.2 Å². The minimum absolute atomic E-state index is 0.525. The van der Waals surface area contributed by atoms with Crippen LogP contribution in [-0.2, 0) is 0 Å². The molecule has 0 bridgehead atoms. The average Bonchev–Trinajstić information content (AvgIpc) is 3.08. The molecule has 3 aromatic rings. The van der Waals surface area contributed by atoms with Gasteiger partial charge >= 0.3 is 0 Å². The van der Waals surface area contributed by atoms with E-state index in [9.17, 15) is 0 Å². The molecule has 0 saturated carbocycles. The molecular formula is C19H19NO2. The average molecular weight is 293 g/mol. The Labute approximate surface area is 130 Å². The molecule has 3 rings (SSSR count). The van der Waals surface area contributed by atoms with Crippen LogP contribution in [0.15, 0.2) is 73.1 Å². The van der Waals surface area contributed by atoms with Crippen molar-refractivity contribution in [2.45, 2.75) is 6.92 Å². The van der Waals surface area contributed by atoms with E-state index in [1.165, 1.54) is 0 Å². The summed E-state index contributed by atoms with van der Waals surface area (Å²) >= 11 is 0. The minimum atomic E-state index is 0.525. The first-order chi connectivity index (χ1) is 10.8. The lowest BCUT2D eigenvalue weighted by Gasteiger charge is -2.10. The highest BCUT2D eigenvalue weighted by molar-refractivity contribution is 5.37. The number of aromatic nitrogens is 1. The lowest BCUT2D eigenvalue weighted by molar-refractivity contribution is 0.216. The summed E-state index contributed by atoms with van der Waals surface area (Å²) in [7, 11) is 0. The maximum absolute atomic E-state index is 5.71. The van der Waals surface area contributed by atoms with Gasteiger partial charge in [0, 0.05) is 18.1 Å². The summed E-state index contributed by atoms with van der Waals surface area (Å²) in [5.41, 5.74) is 2.26. The highest BCUT2D eigenvalue weighted by Crippen LogP contribution is 2.17. The molecule has 0 unspecified atom stereocenters. The highest BCUT2D eigenvalue weighted by Gasteiger charge is 1.99. The number of hydrogen-bond donors (Lipinski definition) is 0. The Kier molecular flexibility index (Phi) is 4.44. The molecule has 22 heavy (non-hydrogen) atoms. The molecule has 0 aliphatic heterocycles. The van der Waals surface area contributed by atoms with E-state index >= 15 is 0 Å². The van der Waals surface area contributed by atoms with Gasteiger partial charge < -0.3 is 14.0 Å². The van der Waals surface area contributed by atoms with Gasteiger partial charge in [0.2, 0.25) is 0 Å². The molecule has 0 amide bonds. The normalized spacial score (nSPS) is 10.4. The Morgan fingerprint density at radius 3 is 2.18 bits per heavy atom. The number of rotatable bonds is 6. The fraction of sp³-hybridized carbons (Fsp3) is 0.158. The number of benzene rings is 2. The van der Waals surface area contributed by atoms with Gasteiger partial charge in [-0.05, 0) is 55.0 Å². The zero-order chi connectivity index (χ0) is 15.2. The molecule has 0 saturated heterocycles. The van der Waals surface area contributed by atoms with Crippen molar-refractivity contribution in [3.05, 3.63) is 78.6 Å². The first-order valence-corrected chi connectivity index (χ1v) is 7.37. The lowest BCUT2D eigenvalue weighted by atomic mass is 10.2. The van der Waals surface area contributed by atoms with Gasteiger partial charge in [-0.2, -0.15) is 0 Å². The molecule has 0 spiro atoms. The van der Waals surface area contributed by atoms with Crippen molar-refractivity contribution in [2.24, 2.45) is 0 Å². The van der Waals surface area contributed by atoms with Gasteiger partial charge in [-0.1, -0.05) is 18.2 Å². The predicted octanol–water partition coefficient (Wildman–Crippen LogP) is 4.24. The predicted molar refractivity (Wildman–Crippen MR) is 87.9 cm³/mol. The molecular weight excluding hydrogens is 274 g/mol. The minimum Gasteiger partial charge on any atom is -0.490 e. The third-order valence-corrected chi connectivity index (χ3v) is 3.44. The quantitative estimate of drug-likeness (QED) is 0.634. The van der Waals surface area contributed by atoms with Crippen LogP contribution in [0.1, 0.15) is 5.56 Å². The van der Waals surface area contributed by atoms with Crippen molar-refractivity contribution in [3.63, 3.8) is 0 Å². The van der Waals surface area contributed by atoms with Crippen LogP contribution in [0.5, 0.6) is 11.5 Å². The summed E-state index contributed by atoms with van der Waals surface area (Å²) in [4.78, 5) is 0. The van der Waals surface area contributed by atoms with Crippen LogP contribution < -0.4 is 9.47 Å². The maximum atomic E-state index is 5.71. The second-order valence-electron chi connectivity index (χ2n) is 5.05. The third-order valence-electron chi connectivity index (χ3n) is 3.44. The Balaban J connectivity index is 1.49. The molecule has 1 aromatic heterocycles. The van der Waals surface area contributed by atoms with Crippen molar-refractivity contribution in [1.29, 1.82) is 0 Å². The Hall–Kier alpha value is -2.68. The Morgan fingerprint density at radius 2 is 1.45 bits per heavy atom. The summed E-state index contributed by atoms with van der Waals surface area (Å²) in [6.07, 6.45) is 4.04. The van der Waals surface area contributed by atoms with Crippen LogP contribution in [0.25, 0.3) is 5.69 Å². The smallest absolute Gasteiger partial charge is 0.122 e. The molecule has 2 aromatic carbocycles.